The molecule has 3 rings (SSSR count). The van der Waals surface area contributed by atoms with E-state index >= 15 is 0 Å². The first kappa shape index (κ1) is 14.5. The van der Waals surface area contributed by atoms with Crippen LogP contribution in [-0.2, 0) is 6.54 Å². The molecule has 0 saturated heterocycles. The van der Waals surface area contributed by atoms with E-state index in [1.807, 2.05) is 28.9 Å². The van der Waals surface area contributed by atoms with Gasteiger partial charge in [0.1, 0.15) is 16.6 Å². The average molecular weight is 308 g/mol. The zero-order valence-electron chi connectivity index (χ0n) is 12.5. The molecule has 3 heterocycles. The SMILES string of the molecule is CC(C)Cn1cc(-c2ccncc2)c(-c2ccc(C#N)s2)n1. The van der Waals surface area contributed by atoms with Crippen LogP contribution in [0.4, 0.5) is 0 Å². The molecule has 0 aliphatic heterocycles. The molecule has 3 aromatic rings. The molecule has 22 heavy (non-hydrogen) atoms. The molecular weight excluding hydrogens is 292 g/mol. The van der Waals surface area contributed by atoms with Crippen LogP contribution in [0.3, 0.4) is 0 Å². The van der Waals surface area contributed by atoms with Crippen LogP contribution in [0.2, 0.25) is 0 Å². The summed E-state index contributed by atoms with van der Waals surface area (Å²) in [5.74, 6) is 0.524. The standard InChI is InChI=1S/C17H16N4S/c1-12(2)10-21-11-15(13-5-7-19-8-6-13)17(20-21)16-4-3-14(9-18)22-16/h3-8,11-12H,10H2,1-2H3. The molecule has 0 aliphatic rings. The Labute approximate surface area is 133 Å². The van der Waals surface area contributed by atoms with Gasteiger partial charge >= 0.3 is 0 Å². The van der Waals surface area contributed by atoms with Crippen molar-refractivity contribution in [2.75, 3.05) is 0 Å². The van der Waals surface area contributed by atoms with Gasteiger partial charge in [-0.1, -0.05) is 13.8 Å². The van der Waals surface area contributed by atoms with E-state index in [1.165, 1.54) is 11.3 Å². The number of rotatable bonds is 4. The van der Waals surface area contributed by atoms with E-state index in [0.717, 1.165) is 28.2 Å². The van der Waals surface area contributed by atoms with Gasteiger partial charge in [-0.25, -0.2) is 0 Å². The molecule has 0 N–H and O–H groups in total. The predicted molar refractivity (Wildman–Crippen MR) is 88.3 cm³/mol. The summed E-state index contributed by atoms with van der Waals surface area (Å²) in [5, 5.41) is 13.8. The maximum atomic E-state index is 9.03. The lowest BCUT2D eigenvalue weighted by Gasteiger charge is -2.03. The van der Waals surface area contributed by atoms with Crippen LogP contribution in [0.1, 0.15) is 18.7 Å². The van der Waals surface area contributed by atoms with Gasteiger partial charge in [0, 0.05) is 30.7 Å². The van der Waals surface area contributed by atoms with Crippen molar-refractivity contribution in [3.8, 4) is 27.8 Å². The number of pyridine rings is 1. The van der Waals surface area contributed by atoms with Crippen molar-refractivity contribution in [1.82, 2.24) is 14.8 Å². The molecule has 0 fully saturated rings. The molecular formula is C17H16N4S. The van der Waals surface area contributed by atoms with Crippen molar-refractivity contribution in [3.05, 3.63) is 47.7 Å². The second-order valence-corrected chi connectivity index (χ2v) is 6.60. The molecule has 5 heteroatoms. The maximum Gasteiger partial charge on any atom is 0.110 e. The van der Waals surface area contributed by atoms with Crippen LogP contribution < -0.4 is 0 Å². The molecule has 0 atom stereocenters. The van der Waals surface area contributed by atoms with E-state index in [4.69, 9.17) is 10.4 Å². The largest absolute Gasteiger partial charge is 0.271 e. The number of hydrogen-bond donors (Lipinski definition) is 0. The smallest absolute Gasteiger partial charge is 0.110 e. The highest BCUT2D eigenvalue weighted by Crippen LogP contribution is 2.34. The molecule has 0 bridgehead atoms. The normalized spacial score (nSPS) is 10.8. The first-order valence-corrected chi connectivity index (χ1v) is 7.97. The quantitative estimate of drug-likeness (QED) is 0.725. The second kappa shape index (κ2) is 6.12. The number of hydrogen-bond acceptors (Lipinski definition) is 4. The van der Waals surface area contributed by atoms with Crippen molar-refractivity contribution in [3.63, 3.8) is 0 Å². The number of thiophene rings is 1. The second-order valence-electron chi connectivity index (χ2n) is 5.52. The minimum atomic E-state index is 0.524. The van der Waals surface area contributed by atoms with Crippen LogP contribution in [0.15, 0.2) is 42.9 Å². The van der Waals surface area contributed by atoms with Crippen molar-refractivity contribution < 1.29 is 0 Å². The first-order valence-electron chi connectivity index (χ1n) is 7.15. The van der Waals surface area contributed by atoms with E-state index in [0.29, 0.717) is 10.8 Å². The van der Waals surface area contributed by atoms with Gasteiger partial charge in [-0.05, 0) is 35.7 Å². The fraction of sp³-hybridized carbons (Fsp3) is 0.235. The minimum absolute atomic E-state index is 0.524. The Bertz CT molecular complexity index is 809. The van der Waals surface area contributed by atoms with Crippen molar-refractivity contribution in [2.45, 2.75) is 20.4 Å². The van der Waals surface area contributed by atoms with E-state index in [9.17, 15) is 0 Å². The lowest BCUT2D eigenvalue weighted by Crippen LogP contribution is -2.04. The van der Waals surface area contributed by atoms with Gasteiger partial charge in [0.05, 0.1) is 4.88 Å². The van der Waals surface area contributed by atoms with Gasteiger partial charge in [0.2, 0.25) is 0 Å². The molecule has 0 radical (unpaired) electrons. The molecule has 4 nitrogen and oxygen atoms in total. The van der Waals surface area contributed by atoms with Gasteiger partial charge in [-0.15, -0.1) is 11.3 Å². The summed E-state index contributed by atoms with van der Waals surface area (Å²) in [6.07, 6.45) is 5.65. The van der Waals surface area contributed by atoms with E-state index < -0.39 is 0 Å². The van der Waals surface area contributed by atoms with Crippen LogP contribution in [0.25, 0.3) is 21.7 Å². The molecule has 0 aliphatic carbocycles. The molecule has 0 saturated carbocycles. The zero-order chi connectivity index (χ0) is 15.5. The third-order valence-corrected chi connectivity index (χ3v) is 4.25. The molecule has 0 aromatic carbocycles. The maximum absolute atomic E-state index is 9.03. The summed E-state index contributed by atoms with van der Waals surface area (Å²) in [4.78, 5) is 5.80. The topological polar surface area (TPSA) is 54.5 Å². The van der Waals surface area contributed by atoms with Crippen LogP contribution in [0, 0.1) is 17.2 Å². The Morgan fingerprint density at radius 2 is 2.00 bits per heavy atom. The molecule has 0 unspecified atom stereocenters. The van der Waals surface area contributed by atoms with E-state index in [2.05, 4.69) is 31.1 Å². The third kappa shape index (κ3) is 2.92. The summed E-state index contributed by atoms with van der Waals surface area (Å²) >= 11 is 1.47. The Hall–Kier alpha value is -2.45. The van der Waals surface area contributed by atoms with Crippen LogP contribution >= 0.6 is 11.3 Å². The van der Waals surface area contributed by atoms with Crippen LogP contribution in [-0.4, -0.2) is 14.8 Å². The molecule has 3 aromatic heterocycles. The van der Waals surface area contributed by atoms with Crippen molar-refractivity contribution in [2.24, 2.45) is 5.92 Å². The monoisotopic (exact) mass is 308 g/mol. The Kier molecular flexibility index (Phi) is 4.03. The fourth-order valence-electron chi connectivity index (χ4n) is 2.34. The van der Waals surface area contributed by atoms with Gasteiger partial charge in [-0.2, -0.15) is 10.4 Å². The molecule has 110 valence electrons. The first-order chi connectivity index (χ1) is 10.7. The van der Waals surface area contributed by atoms with Gasteiger partial charge in [0.15, 0.2) is 0 Å². The Morgan fingerprint density at radius 3 is 2.64 bits per heavy atom. The summed E-state index contributed by atoms with van der Waals surface area (Å²) < 4.78 is 1.99. The minimum Gasteiger partial charge on any atom is -0.271 e. The summed E-state index contributed by atoms with van der Waals surface area (Å²) in [6.45, 7) is 5.22. The lowest BCUT2D eigenvalue weighted by atomic mass is 10.1. The Morgan fingerprint density at radius 1 is 1.23 bits per heavy atom. The van der Waals surface area contributed by atoms with E-state index in [1.54, 1.807) is 12.4 Å². The Balaban J connectivity index is 2.10. The average Bonchev–Trinajstić information content (AvgIpc) is 3.13. The zero-order valence-corrected chi connectivity index (χ0v) is 13.3. The van der Waals surface area contributed by atoms with Crippen molar-refractivity contribution >= 4 is 11.3 Å². The number of nitriles is 1. The van der Waals surface area contributed by atoms with Crippen molar-refractivity contribution in [1.29, 1.82) is 5.26 Å². The fourth-order valence-corrected chi connectivity index (χ4v) is 3.14. The number of aromatic nitrogens is 3. The predicted octanol–water partition coefficient (Wildman–Crippen LogP) is 4.20. The molecule has 0 amide bonds. The van der Waals surface area contributed by atoms with Gasteiger partial charge in [-0.3, -0.25) is 9.67 Å². The van der Waals surface area contributed by atoms with Crippen LogP contribution in [0.5, 0.6) is 0 Å². The highest BCUT2D eigenvalue weighted by Gasteiger charge is 2.15. The lowest BCUT2D eigenvalue weighted by molar-refractivity contribution is 0.484. The molecule has 0 spiro atoms. The van der Waals surface area contributed by atoms with Gasteiger partial charge in [0.25, 0.3) is 0 Å². The van der Waals surface area contributed by atoms with E-state index in [-0.39, 0.29) is 0 Å². The van der Waals surface area contributed by atoms with Gasteiger partial charge < -0.3 is 0 Å². The summed E-state index contributed by atoms with van der Waals surface area (Å²) in [5.41, 5.74) is 3.10. The third-order valence-electron chi connectivity index (χ3n) is 3.25. The summed E-state index contributed by atoms with van der Waals surface area (Å²) in [7, 11) is 0. The highest BCUT2D eigenvalue weighted by molar-refractivity contribution is 7.16. The highest BCUT2D eigenvalue weighted by atomic mass is 32.1. The number of nitrogens with zero attached hydrogens (tertiary/aromatic N) is 4. The summed E-state index contributed by atoms with van der Waals surface area (Å²) in [6, 6.07) is 9.97.